The maximum absolute atomic E-state index is 13.4. The molecule has 0 saturated heterocycles. The van der Waals surface area contributed by atoms with Gasteiger partial charge in [0.15, 0.2) is 17.8 Å². The lowest BCUT2D eigenvalue weighted by molar-refractivity contribution is -0.0782. The maximum Gasteiger partial charge on any atom is 0.261 e. The summed E-state index contributed by atoms with van der Waals surface area (Å²) in [7, 11) is 0. The number of fused-ring (bicyclic) bond motifs is 1. The number of hydrogen-bond donors (Lipinski definition) is 4. The Morgan fingerprint density at radius 3 is 2.52 bits per heavy atom. The summed E-state index contributed by atoms with van der Waals surface area (Å²) in [6.07, 6.45) is -0.0700. The first-order valence-electron chi connectivity index (χ1n) is 14.1. The Morgan fingerprint density at radius 2 is 1.75 bits per heavy atom. The van der Waals surface area contributed by atoms with E-state index in [0.717, 1.165) is 11.1 Å². The second kappa shape index (κ2) is 14.1. The van der Waals surface area contributed by atoms with Crippen LogP contribution < -0.4 is 29.8 Å². The quantitative estimate of drug-likeness (QED) is 0.179. The van der Waals surface area contributed by atoms with Gasteiger partial charge in [-0.1, -0.05) is 12.1 Å². The van der Waals surface area contributed by atoms with Crippen LogP contribution in [-0.2, 0) is 19.8 Å². The molecule has 0 bridgehead atoms. The van der Waals surface area contributed by atoms with Crippen LogP contribution in [0.5, 0.6) is 23.0 Å². The van der Waals surface area contributed by atoms with Crippen molar-refractivity contribution >= 4 is 0 Å². The molecule has 0 aliphatic carbocycles. The molecular weight excluding hydrogens is 566 g/mol. The van der Waals surface area contributed by atoms with Gasteiger partial charge in [0.25, 0.3) is 5.56 Å². The van der Waals surface area contributed by atoms with Crippen molar-refractivity contribution < 1.29 is 34.3 Å². The molecule has 0 radical (unpaired) electrons. The van der Waals surface area contributed by atoms with Crippen molar-refractivity contribution in [1.29, 1.82) is 5.26 Å². The van der Waals surface area contributed by atoms with Crippen LogP contribution in [0.25, 0.3) is 5.69 Å². The molecule has 0 amide bonds. The number of aliphatic hydroxyl groups excluding tert-OH is 2. The van der Waals surface area contributed by atoms with Gasteiger partial charge < -0.3 is 39.6 Å². The number of ether oxygens (including phenoxy) is 4. The highest BCUT2D eigenvalue weighted by atomic mass is 16.6. The first kappa shape index (κ1) is 30.6. The van der Waals surface area contributed by atoms with E-state index in [1.54, 1.807) is 60.8 Å². The van der Waals surface area contributed by atoms with E-state index >= 15 is 0 Å². The normalized spacial score (nSPS) is 12.9. The number of aromatic nitrogens is 1. The summed E-state index contributed by atoms with van der Waals surface area (Å²) in [5.74, 6) is 2.16. The molecule has 0 saturated carbocycles. The van der Waals surface area contributed by atoms with Gasteiger partial charge in [0.1, 0.15) is 37.9 Å². The molecule has 3 aromatic carbocycles. The molecule has 5 rings (SSSR count). The predicted octanol–water partition coefficient (Wildman–Crippen LogP) is 2.71. The molecule has 1 aliphatic heterocycles. The number of nitrogens with one attached hydrogen (secondary N) is 1. The Hall–Kier alpha value is -4.86. The average molecular weight is 600 g/mol. The highest BCUT2D eigenvalue weighted by Crippen LogP contribution is 2.32. The highest BCUT2D eigenvalue weighted by molar-refractivity contribution is 5.50. The molecule has 4 aromatic rings. The molecule has 1 aromatic heterocycles. The van der Waals surface area contributed by atoms with Gasteiger partial charge in [-0.2, -0.15) is 5.26 Å². The monoisotopic (exact) mass is 599 g/mol. The Bertz CT molecular complexity index is 1710. The van der Waals surface area contributed by atoms with Crippen LogP contribution in [0.15, 0.2) is 77.7 Å². The first-order valence-corrected chi connectivity index (χ1v) is 14.1. The second-order valence-corrected chi connectivity index (χ2v) is 10.2. The molecule has 11 heteroatoms. The Balaban J connectivity index is 1.37. The van der Waals surface area contributed by atoms with Gasteiger partial charge in [0.2, 0.25) is 0 Å². The van der Waals surface area contributed by atoms with Crippen LogP contribution >= 0.6 is 0 Å². The van der Waals surface area contributed by atoms with Crippen molar-refractivity contribution in [3.05, 3.63) is 111 Å². The SMILES string of the molecule is Cc1cc(CN[C@H](CO)C(O)O)c(OCc2cccc(C#N)c2)cc1OCc1cccn(-c2ccc3c(c2)OCCO3)c1=O. The topological polar surface area (TPSA) is 155 Å². The molecular formula is C33H33N3O8. The highest BCUT2D eigenvalue weighted by Gasteiger charge is 2.18. The molecule has 0 unspecified atom stereocenters. The summed E-state index contributed by atoms with van der Waals surface area (Å²) < 4.78 is 25.1. The fourth-order valence-electron chi connectivity index (χ4n) is 4.74. The minimum absolute atomic E-state index is 0.00436. The summed E-state index contributed by atoms with van der Waals surface area (Å²) in [5, 5.41) is 40.7. The summed E-state index contributed by atoms with van der Waals surface area (Å²) in [5.41, 5.74) is 3.57. The molecule has 0 spiro atoms. The van der Waals surface area contributed by atoms with Gasteiger partial charge in [-0.3, -0.25) is 9.36 Å². The Morgan fingerprint density at radius 1 is 0.955 bits per heavy atom. The van der Waals surface area contributed by atoms with Crippen molar-refractivity contribution in [1.82, 2.24) is 9.88 Å². The third-order valence-corrected chi connectivity index (χ3v) is 7.13. The summed E-state index contributed by atoms with van der Waals surface area (Å²) >= 11 is 0. The van der Waals surface area contributed by atoms with Gasteiger partial charge in [-0.15, -0.1) is 0 Å². The Kier molecular flexibility index (Phi) is 9.79. The summed E-state index contributed by atoms with van der Waals surface area (Å²) in [6, 6.07) is 20.6. The van der Waals surface area contributed by atoms with Gasteiger partial charge >= 0.3 is 0 Å². The third-order valence-electron chi connectivity index (χ3n) is 7.13. The van der Waals surface area contributed by atoms with Crippen LogP contribution in [0, 0.1) is 18.3 Å². The van der Waals surface area contributed by atoms with E-state index in [-0.39, 0.29) is 25.3 Å². The minimum Gasteiger partial charge on any atom is -0.488 e. The van der Waals surface area contributed by atoms with Crippen LogP contribution in [-0.4, -0.2) is 52.0 Å². The molecule has 1 aliphatic rings. The summed E-state index contributed by atoms with van der Waals surface area (Å²) in [4.78, 5) is 13.4. The number of pyridine rings is 1. The molecule has 0 fully saturated rings. The van der Waals surface area contributed by atoms with E-state index in [9.17, 15) is 25.4 Å². The van der Waals surface area contributed by atoms with Crippen LogP contribution in [0.1, 0.15) is 27.8 Å². The van der Waals surface area contributed by atoms with Gasteiger partial charge in [0.05, 0.1) is 35.5 Å². The van der Waals surface area contributed by atoms with Crippen molar-refractivity contribution in [3.63, 3.8) is 0 Å². The van der Waals surface area contributed by atoms with E-state index in [1.807, 2.05) is 19.1 Å². The van der Waals surface area contributed by atoms with Crippen molar-refractivity contribution in [2.24, 2.45) is 0 Å². The third kappa shape index (κ3) is 7.19. The zero-order valence-corrected chi connectivity index (χ0v) is 24.1. The first-order chi connectivity index (χ1) is 21.4. The van der Waals surface area contributed by atoms with Gasteiger partial charge in [-0.05, 0) is 60.5 Å². The molecule has 228 valence electrons. The minimum atomic E-state index is -1.75. The molecule has 4 N–H and O–H groups in total. The van der Waals surface area contributed by atoms with Crippen LogP contribution in [0.3, 0.4) is 0 Å². The fourth-order valence-corrected chi connectivity index (χ4v) is 4.74. The zero-order valence-electron chi connectivity index (χ0n) is 24.1. The predicted molar refractivity (Wildman–Crippen MR) is 160 cm³/mol. The van der Waals surface area contributed by atoms with Crippen molar-refractivity contribution in [3.8, 4) is 34.8 Å². The smallest absolute Gasteiger partial charge is 0.261 e. The van der Waals surface area contributed by atoms with E-state index in [2.05, 4.69) is 11.4 Å². The van der Waals surface area contributed by atoms with Crippen LogP contribution in [0.4, 0.5) is 0 Å². The number of nitriles is 1. The standard InChI is InChI=1S/C33H33N3O8/c1-21-12-25(17-35-27(18-37)33(39)40)30(43-19-23-5-2-4-22(13-23)16-34)15-29(21)44-20-24-6-3-9-36(32(24)38)26-7-8-28-31(14-26)42-11-10-41-28/h2-9,12-15,27,33,35,37,39-40H,10-11,17-20H2,1H3/t27-/m1/s1. The number of aliphatic hydroxyl groups is 3. The fraction of sp³-hybridized carbons (Fsp3) is 0.273. The molecule has 1 atom stereocenters. The van der Waals surface area contributed by atoms with E-state index in [0.29, 0.717) is 58.6 Å². The second-order valence-electron chi connectivity index (χ2n) is 10.2. The van der Waals surface area contributed by atoms with Gasteiger partial charge in [-0.25, -0.2) is 0 Å². The zero-order chi connectivity index (χ0) is 31.1. The molecule has 2 heterocycles. The van der Waals surface area contributed by atoms with Crippen molar-refractivity contribution in [2.75, 3.05) is 19.8 Å². The van der Waals surface area contributed by atoms with Crippen molar-refractivity contribution in [2.45, 2.75) is 39.0 Å². The number of aryl methyl sites for hydroxylation is 1. The Labute approximate surface area is 254 Å². The summed E-state index contributed by atoms with van der Waals surface area (Å²) in [6.45, 7) is 2.61. The lowest BCUT2D eigenvalue weighted by Crippen LogP contribution is -2.42. The number of benzene rings is 3. The molecule has 44 heavy (non-hydrogen) atoms. The largest absolute Gasteiger partial charge is 0.488 e. The lowest BCUT2D eigenvalue weighted by atomic mass is 10.1. The number of hydrogen-bond acceptors (Lipinski definition) is 10. The lowest BCUT2D eigenvalue weighted by Gasteiger charge is -2.21. The number of nitrogens with zero attached hydrogens (tertiary/aromatic N) is 2. The van der Waals surface area contributed by atoms with Crippen LogP contribution in [0.2, 0.25) is 0 Å². The van der Waals surface area contributed by atoms with E-state index in [1.165, 1.54) is 4.57 Å². The maximum atomic E-state index is 13.4. The van der Waals surface area contributed by atoms with Gasteiger partial charge in [0, 0.05) is 30.4 Å². The number of rotatable bonds is 12. The average Bonchev–Trinajstić information content (AvgIpc) is 3.04. The molecule has 11 nitrogen and oxygen atoms in total. The van der Waals surface area contributed by atoms with E-state index < -0.39 is 18.9 Å². The van der Waals surface area contributed by atoms with E-state index in [4.69, 9.17) is 18.9 Å².